The van der Waals surface area contributed by atoms with Crippen LogP contribution in [0.4, 0.5) is 0 Å². The first-order valence-electron chi connectivity index (χ1n) is 16.6. The molecular weight excluding hydrogens is 500 g/mol. The molecule has 40 heavy (non-hydrogen) atoms. The van der Waals surface area contributed by atoms with Crippen molar-refractivity contribution in [1.82, 2.24) is 4.90 Å². The maximum absolute atomic E-state index is 15.6. The van der Waals surface area contributed by atoms with Crippen LogP contribution in [0.3, 0.4) is 0 Å². The van der Waals surface area contributed by atoms with Crippen molar-refractivity contribution in [2.75, 3.05) is 6.61 Å². The number of para-hydroxylation sites is 2. The van der Waals surface area contributed by atoms with Gasteiger partial charge in [0.1, 0.15) is 0 Å². The molecule has 1 aromatic rings. The van der Waals surface area contributed by atoms with Crippen molar-refractivity contribution in [3.8, 4) is 11.5 Å². The fourth-order valence-electron chi connectivity index (χ4n) is 8.49. The minimum absolute atomic E-state index is 0.190. The third-order valence-corrected chi connectivity index (χ3v) is 10.4. The fraction of sp³-hybridized carbons (Fsp3) is 0.765. The van der Waals surface area contributed by atoms with E-state index in [1.807, 2.05) is 24.3 Å². The number of primary amides is 1. The van der Waals surface area contributed by atoms with Crippen LogP contribution in [0.25, 0.3) is 0 Å². The van der Waals surface area contributed by atoms with Crippen LogP contribution < -0.4 is 15.2 Å². The first kappa shape index (κ1) is 29.3. The van der Waals surface area contributed by atoms with Crippen molar-refractivity contribution in [2.45, 2.75) is 146 Å². The number of hydrogen-bond donors (Lipinski definition) is 1. The van der Waals surface area contributed by atoms with Crippen LogP contribution in [0, 0.1) is 11.8 Å². The van der Waals surface area contributed by atoms with E-state index in [-0.39, 0.29) is 24.3 Å². The van der Waals surface area contributed by atoms with Gasteiger partial charge in [-0.25, -0.2) is 0 Å². The zero-order valence-electron chi connectivity index (χ0n) is 24.6. The molecule has 0 radical (unpaired) electrons. The van der Waals surface area contributed by atoms with Crippen LogP contribution in [0.5, 0.6) is 11.5 Å². The minimum Gasteiger partial charge on any atom is -0.480 e. The van der Waals surface area contributed by atoms with Gasteiger partial charge in [0.2, 0.25) is 0 Å². The fourth-order valence-corrected chi connectivity index (χ4v) is 8.49. The Hall–Kier alpha value is -2.24. The van der Waals surface area contributed by atoms with Crippen molar-refractivity contribution in [2.24, 2.45) is 17.6 Å². The molecule has 5 rings (SSSR count). The molecule has 0 heterocycles. The van der Waals surface area contributed by atoms with Gasteiger partial charge >= 0.3 is 0 Å². The van der Waals surface area contributed by atoms with Crippen LogP contribution in [0.1, 0.15) is 128 Å². The highest BCUT2D eigenvalue weighted by Gasteiger charge is 2.57. The Morgan fingerprint density at radius 3 is 1.55 bits per heavy atom. The first-order valence-corrected chi connectivity index (χ1v) is 16.6. The van der Waals surface area contributed by atoms with Gasteiger partial charge in [0.15, 0.2) is 23.7 Å². The summed E-state index contributed by atoms with van der Waals surface area (Å²) < 4.78 is 13.2. The summed E-state index contributed by atoms with van der Waals surface area (Å²) in [5, 5.41) is 0. The van der Waals surface area contributed by atoms with E-state index in [2.05, 4.69) is 4.90 Å². The molecule has 1 aromatic carbocycles. The number of nitrogens with two attached hydrogens (primary N) is 1. The predicted molar refractivity (Wildman–Crippen MR) is 158 cm³/mol. The number of carbonyl (C=O) groups is 2. The van der Waals surface area contributed by atoms with Gasteiger partial charge in [0.25, 0.3) is 11.8 Å². The van der Waals surface area contributed by atoms with E-state index in [1.165, 1.54) is 51.4 Å². The standard InChI is InChI=1S/C34H52N2O4/c35-32(37)25-39-30-23-13-14-24-31(30)40-34(26-15-5-1-6-16-26,27-17-7-2-8-18-27)33(38)36(28-19-9-3-10-20-28)29-21-11-4-12-22-29/h13-14,23-24,26-29H,1-12,15-22,25H2,(H2,35,37). The number of benzene rings is 1. The van der Waals surface area contributed by atoms with Crippen molar-refractivity contribution in [3.05, 3.63) is 24.3 Å². The highest BCUT2D eigenvalue weighted by molar-refractivity contribution is 5.87. The second-order valence-corrected chi connectivity index (χ2v) is 13.1. The molecule has 4 saturated carbocycles. The van der Waals surface area contributed by atoms with Crippen molar-refractivity contribution < 1.29 is 19.1 Å². The molecule has 0 bridgehead atoms. The quantitative estimate of drug-likeness (QED) is 0.330. The average Bonchev–Trinajstić information content (AvgIpc) is 3.01. The zero-order chi connectivity index (χ0) is 27.8. The highest BCUT2D eigenvalue weighted by Crippen LogP contribution is 2.49. The molecular formula is C34H52N2O4. The average molecular weight is 553 g/mol. The lowest BCUT2D eigenvalue weighted by atomic mass is 9.65. The molecule has 0 atom stereocenters. The molecule has 2 amide bonds. The number of amides is 2. The summed E-state index contributed by atoms with van der Waals surface area (Å²) in [4.78, 5) is 29.6. The van der Waals surface area contributed by atoms with E-state index in [4.69, 9.17) is 15.2 Å². The Morgan fingerprint density at radius 2 is 1.10 bits per heavy atom. The minimum atomic E-state index is -0.901. The van der Waals surface area contributed by atoms with Gasteiger partial charge in [0.05, 0.1) is 0 Å². The third kappa shape index (κ3) is 6.62. The Labute approximate surface area is 241 Å². The molecule has 4 aliphatic carbocycles. The third-order valence-electron chi connectivity index (χ3n) is 10.4. The van der Waals surface area contributed by atoms with E-state index in [9.17, 15) is 4.79 Å². The second-order valence-electron chi connectivity index (χ2n) is 13.1. The van der Waals surface area contributed by atoms with E-state index in [1.54, 1.807) is 0 Å². The summed E-state index contributed by atoms with van der Waals surface area (Å²) in [5.41, 5.74) is 4.54. The summed E-state index contributed by atoms with van der Waals surface area (Å²) in [6.45, 7) is -0.204. The molecule has 0 spiro atoms. The van der Waals surface area contributed by atoms with Crippen LogP contribution >= 0.6 is 0 Å². The van der Waals surface area contributed by atoms with E-state index in [0.717, 1.165) is 77.0 Å². The lowest BCUT2D eigenvalue weighted by Crippen LogP contribution is -2.65. The molecule has 0 aromatic heterocycles. The molecule has 0 unspecified atom stereocenters. The zero-order valence-corrected chi connectivity index (χ0v) is 24.6. The van der Waals surface area contributed by atoms with Crippen molar-refractivity contribution >= 4 is 11.8 Å². The predicted octanol–water partition coefficient (Wildman–Crippen LogP) is 7.32. The summed E-state index contributed by atoms with van der Waals surface area (Å²) in [7, 11) is 0. The number of ether oxygens (including phenoxy) is 2. The molecule has 4 aliphatic rings. The van der Waals surface area contributed by atoms with Gasteiger partial charge < -0.3 is 20.1 Å². The molecule has 222 valence electrons. The first-order chi connectivity index (χ1) is 19.6. The molecule has 4 fully saturated rings. The van der Waals surface area contributed by atoms with Gasteiger partial charge in [-0.15, -0.1) is 0 Å². The molecule has 6 nitrogen and oxygen atoms in total. The lowest BCUT2D eigenvalue weighted by molar-refractivity contribution is -0.172. The largest absolute Gasteiger partial charge is 0.480 e. The highest BCUT2D eigenvalue weighted by atomic mass is 16.5. The monoisotopic (exact) mass is 552 g/mol. The van der Waals surface area contributed by atoms with Crippen molar-refractivity contribution in [3.63, 3.8) is 0 Å². The smallest absolute Gasteiger partial charge is 0.267 e. The summed E-state index contributed by atoms with van der Waals surface area (Å²) in [5.74, 6) is 1.23. The lowest BCUT2D eigenvalue weighted by Gasteiger charge is -2.52. The Balaban J connectivity index is 1.60. The number of carbonyl (C=O) groups excluding carboxylic acids is 2. The Kier molecular flexibility index (Phi) is 10.3. The number of nitrogens with zero attached hydrogens (tertiary/aromatic N) is 1. The van der Waals surface area contributed by atoms with E-state index in [0.29, 0.717) is 23.6 Å². The van der Waals surface area contributed by atoms with Gasteiger partial charge in [-0.2, -0.15) is 0 Å². The summed E-state index contributed by atoms with van der Waals surface area (Å²) >= 11 is 0. The van der Waals surface area contributed by atoms with Crippen LogP contribution in [-0.4, -0.2) is 41.0 Å². The summed E-state index contributed by atoms with van der Waals surface area (Å²) in [6.07, 6.45) is 23.1. The normalized spacial score (nSPS) is 22.5. The second kappa shape index (κ2) is 14.1. The SMILES string of the molecule is NC(=O)COc1ccccc1OC(C(=O)N(C1CCCCC1)C1CCCCC1)(C1CCCCC1)C1CCCCC1. The summed E-state index contributed by atoms with van der Waals surface area (Å²) in [6, 6.07) is 8.25. The maximum atomic E-state index is 15.6. The van der Waals surface area contributed by atoms with Crippen LogP contribution in [-0.2, 0) is 9.59 Å². The van der Waals surface area contributed by atoms with Gasteiger partial charge in [-0.1, -0.05) is 89.2 Å². The molecule has 0 saturated heterocycles. The molecule has 2 N–H and O–H groups in total. The van der Waals surface area contributed by atoms with Gasteiger partial charge in [-0.3, -0.25) is 9.59 Å². The topological polar surface area (TPSA) is 81.9 Å². The van der Waals surface area contributed by atoms with Crippen LogP contribution in [0.2, 0.25) is 0 Å². The van der Waals surface area contributed by atoms with E-state index < -0.39 is 11.5 Å². The molecule has 6 heteroatoms. The number of hydrogen-bond acceptors (Lipinski definition) is 4. The Morgan fingerprint density at radius 1 is 0.675 bits per heavy atom. The Bertz CT molecular complexity index is 920. The van der Waals surface area contributed by atoms with Gasteiger partial charge in [-0.05, 0) is 63.5 Å². The van der Waals surface area contributed by atoms with Gasteiger partial charge in [0, 0.05) is 23.9 Å². The maximum Gasteiger partial charge on any atom is 0.267 e. The number of rotatable bonds is 10. The van der Waals surface area contributed by atoms with Crippen molar-refractivity contribution in [1.29, 1.82) is 0 Å². The van der Waals surface area contributed by atoms with E-state index >= 15 is 4.79 Å². The molecule has 0 aliphatic heterocycles. The van der Waals surface area contributed by atoms with Crippen LogP contribution in [0.15, 0.2) is 24.3 Å².